The van der Waals surface area contributed by atoms with Gasteiger partial charge in [0.25, 0.3) is 0 Å². The number of H-pyrrole nitrogens is 1. The molecule has 1 aromatic carbocycles. The minimum Gasteiger partial charge on any atom is -0.354 e. The van der Waals surface area contributed by atoms with Crippen LogP contribution in [0, 0.1) is 0 Å². The number of halogens is 5. The predicted octanol–water partition coefficient (Wildman–Crippen LogP) is 5.95. The van der Waals surface area contributed by atoms with E-state index in [0.29, 0.717) is 29.6 Å². The third kappa shape index (κ3) is 3.89. The smallest absolute Gasteiger partial charge is 0.354 e. The van der Waals surface area contributed by atoms with Crippen molar-refractivity contribution in [1.82, 2.24) is 9.97 Å². The van der Waals surface area contributed by atoms with E-state index in [2.05, 4.69) is 25.9 Å². The Kier molecular flexibility index (Phi) is 5.60. The van der Waals surface area contributed by atoms with E-state index in [4.69, 9.17) is 17.3 Å². The minimum absolute atomic E-state index is 0.0413. The second-order valence-electron chi connectivity index (χ2n) is 5.99. The van der Waals surface area contributed by atoms with E-state index in [9.17, 15) is 13.2 Å². The highest BCUT2D eigenvalue weighted by Crippen LogP contribution is 2.41. The fourth-order valence-electron chi connectivity index (χ4n) is 3.04. The van der Waals surface area contributed by atoms with Crippen LogP contribution in [-0.2, 0) is 12.6 Å². The molecule has 0 spiro atoms. The number of nitrogens with zero attached hydrogens (tertiary/aromatic N) is 1. The van der Waals surface area contributed by atoms with Gasteiger partial charge < -0.3 is 10.7 Å². The lowest BCUT2D eigenvalue weighted by molar-refractivity contribution is -0.136. The number of unbranched alkanes of at least 4 members (excludes halogenated alkanes) is 1. The van der Waals surface area contributed by atoms with Crippen LogP contribution in [0.4, 0.5) is 13.2 Å². The van der Waals surface area contributed by atoms with E-state index < -0.39 is 11.7 Å². The summed E-state index contributed by atoms with van der Waals surface area (Å²) in [6.07, 6.45) is 0.891. The lowest BCUT2D eigenvalue weighted by Crippen LogP contribution is -2.05. The van der Waals surface area contributed by atoms with Crippen molar-refractivity contribution in [2.75, 3.05) is 6.54 Å². The van der Waals surface area contributed by atoms with E-state index in [1.807, 2.05) is 6.07 Å². The quantitative estimate of drug-likeness (QED) is 0.476. The molecule has 0 aliphatic heterocycles. The zero-order valence-electron chi connectivity index (χ0n) is 13.6. The van der Waals surface area contributed by atoms with Gasteiger partial charge in [-0.05, 0) is 65.5 Å². The molecule has 0 unspecified atom stereocenters. The number of aromatic nitrogens is 2. The summed E-state index contributed by atoms with van der Waals surface area (Å²) in [4.78, 5) is 7.09. The fourth-order valence-corrected chi connectivity index (χ4v) is 3.62. The first-order valence-corrected chi connectivity index (χ1v) is 9.20. The number of aryl methyl sites for hydroxylation is 1. The van der Waals surface area contributed by atoms with Crippen molar-refractivity contribution in [3.8, 4) is 11.3 Å². The molecule has 0 saturated heterocycles. The number of benzene rings is 1. The fraction of sp³-hybridized carbons (Fsp3) is 0.278. The molecule has 2 aromatic heterocycles. The van der Waals surface area contributed by atoms with Crippen LogP contribution in [0.5, 0.6) is 0 Å². The van der Waals surface area contributed by atoms with Gasteiger partial charge in [0.05, 0.1) is 16.8 Å². The van der Waals surface area contributed by atoms with Crippen molar-refractivity contribution >= 4 is 38.4 Å². The van der Waals surface area contributed by atoms with Gasteiger partial charge in [0.1, 0.15) is 0 Å². The summed E-state index contributed by atoms with van der Waals surface area (Å²) >= 11 is 9.35. The maximum absolute atomic E-state index is 13.5. The van der Waals surface area contributed by atoms with Crippen LogP contribution >= 0.6 is 27.5 Å². The van der Waals surface area contributed by atoms with E-state index in [0.717, 1.165) is 28.9 Å². The molecule has 3 aromatic rings. The van der Waals surface area contributed by atoms with Crippen molar-refractivity contribution in [2.24, 2.45) is 5.73 Å². The van der Waals surface area contributed by atoms with Gasteiger partial charge in [0.15, 0.2) is 0 Å². The molecule has 0 atom stereocenters. The molecule has 0 amide bonds. The largest absolute Gasteiger partial charge is 0.418 e. The van der Waals surface area contributed by atoms with Crippen molar-refractivity contribution < 1.29 is 13.2 Å². The van der Waals surface area contributed by atoms with Crippen LogP contribution in [0.1, 0.15) is 24.0 Å². The summed E-state index contributed by atoms with van der Waals surface area (Å²) < 4.78 is 41.2. The molecular formula is C18H16BrClF3N3. The number of nitrogens with two attached hydrogens (primary N) is 1. The Balaban J connectivity index is 2.27. The van der Waals surface area contributed by atoms with Gasteiger partial charge in [-0.25, -0.2) is 0 Å². The van der Waals surface area contributed by atoms with E-state index in [1.54, 1.807) is 18.5 Å². The van der Waals surface area contributed by atoms with Gasteiger partial charge >= 0.3 is 6.18 Å². The number of aromatic amines is 1. The van der Waals surface area contributed by atoms with Gasteiger partial charge in [-0.1, -0.05) is 11.6 Å². The zero-order chi connectivity index (χ0) is 18.9. The first kappa shape index (κ1) is 19.2. The highest BCUT2D eigenvalue weighted by molar-refractivity contribution is 9.10. The lowest BCUT2D eigenvalue weighted by Gasteiger charge is -2.09. The molecule has 2 heterocycles. The van der Waals surface area contributed by atoms with E-state index >= 15 is 0 Å². The molecule has 26 heavy (non-hydrogen) atoms. The van der Waals surface area contributed by atoms with Crippen LogP contribution in [-0.4, -0.2) is 16.5 Å². The minimum atomic E-state index is -4.50. The van der Waals surface area contributed by atoms with E-state index in [1.165, 1.54) is 0 Å². The average molecular weight is 447 g/mol. The van der Waals surface area contributed by atoms with E-state index in [-0.39, 0.29) is 10.5 Å². The maximum atomic E-state index is 13.5. The van der Waals surface area contributed by atoms with Crippen molar-refractivity contribution in [2.45, 2.75) is 25.4 Å². The number of nitrogens with one attached hydrogen (secondary N) is 1. The Hall–Kier alpha value is -1.57. The topological polar surface area (TPSA) is 54.7 Å². The summed E-state index contributed by atoms with van der Waals surface area (Å²) in [7, 11) is 0. The normalized spacial score (nSPS) is 12.1. The average Bonchev–Trinajstić information content (AvgIpc) is 2.92. The second-order valence-corrected chi connectivity index (χ2v) is 7.34. The Morgan fingerprint density at radius 2 is 1.92 bits per heavy atom. The zero-order valence-corrected chi connectivity index (χ0v) is 16.0. The molecule has 0 fully saturated rings. The number of hydrogen-bond acceptors (Lipinski definition) is 2. The van der Waals surface area contributed by atoms with Crippen LogP contribution < -0.4 is 5.73 Å². The molecule has 3 rings (SSSR count). The van der Waals surface area contributed by atoms with Gasteiger partial charge in [-0.3, -0.25) is 4.98 Å². The monoisotopic (exact) mass is 445 g/mol. The summed E-state index contributed by atoms with van der Waals surface area (Å²) in [5.74, 6) is 0. The number of fused-ring (bicyclic) bond motifs is 1. The number of pyridine rings is 1. The van der Waals surface area contributed by atoms with Crippen LogP contribution in [0.25, 0.3) is 22.2 Å². The van der Waals surface area contributed by atoms with Gasteiger partial charge in [-0.2, -0.15) is 13.2 Å². The van der Waals surface area contributed by atoms with Gasteiger partial charge in [-0.15, -0.1) is 0 Å². The maximum Gasteiger partial charge on any atom is 0.418 e. The lowest BCUT2D eigenvalue weighted by atomic mass is 10.00. The molecule has 0 radical (unpaired) electrons. The molecule has 0 bridgehead atoms. The SMILES string of the molecule is NCCCCc1c(-c2cncc(Br)c2)[nH]c2c(C(F)(F)F)cc(Cl)cc12. The second kappa shape index (κ2) is 7.58. The Morgan fingerprint density at radius 1 is 1.15 bits per heavy atom. The Morgan fingerprint density at radius 3 is 2.58 bits per heavy atom. The highest BCUT2D eigenvalue weighted by atomic mass is 79.9. The predicted molar refractivity (Wildman–Crippen MR) is 101 cm³/mol. The summed E-state index contributed by atoms with van der Waals surface area (Å²) in [6.45, 7) is 0.532. The molecule has 0 aliphatic carbocycles. The number of alkyl halides is 3. The van der Waals surface area contributed by atoms with Gasteiger partial charge in [0, 0.05) is 32.8 Å². The summed E-state index contributed by atoms with van der Waals surface area (Å²) in [5, 5.41) is 0.541. The number of hydrogen-bond donors (Lipinski definition) is 2. The Labute approximate surface area is 161 Å². The third-order valence-corrected chi connectivity index (χ3v) is 4.81. The molecule has 138 valence electrons. The van der Waals surface area contributed by atoms with Crippen LogP contribution in [0.2, 0.25) is 5.02 Å². The van der Waals surface area contributed by atoms with Crippen molar-refractivity contribution in [1.29, 1.82) is 0 Å². The summed E-state index contributed by atoms with van der Waals surface area (Å²) in [5.41, 5.74) is 6.96. The molecule has 8 heteroatoms. The standard InChI is InChI=1S/C18H16BrClF3N3/c19-11-5-10(8-25-9-11)16-13(3-1-2-4-24)14-6-12(20)7-15(17(14)26-16)18(21,22)23/h5-9,26H,1-4,24H2. The third-order valence-electron chi connectivity index (χ3n) is 4.16. The van der Waals surface area contributed by atoms with Crippen LogP contribution in [0.15, 0.2) is 35.1 Å². The number of rotatable bonds is 5. The molecule has 0 aliphatic rings. The first-order valence-electron chi connectivity index (χ1n) is 8.03. The molecule has 3 N–H and O–H groups in total. The van der Waals surface area contributed by atoms with Crippen molar-refractivity contribution in [3.63, 3.8) is 0 Å². The van der Waals surface area contributed by atoms with Gasteiger partial charge in [0.2, 0.25) is 0 Å². The van der Waals surface area contributed by atoms with Crippen LogP contribution in [0.3, 0.4) is 0 Å². The first-order chi connectivity index (χ1) is 12.3. The molecular weight excluding hydrogens is 431 g/mol. The Bertz CT molecular complexity index is 937. The molecule has 3 nitrogen and oxygen atoms in total. The molecule has 0 saturated carbocycles. The van der Waals surface area contributed by atoms with Crippen molar-refractivity contribution in [3.05, 3.63) is 51.2 Å². The highest BCUT2D eigenvalue weighted by Gasteiger charge is 2.34. The summed E-state index contributed by atoms with van der Waals surface area (Å²) in [6, 6.07) is 4.35.